The van der Waals surface area contributed by atoms with Gasteiger partial charge in [-0.1, -0.05) is 36.4 Å². The number of esters is 1. The molecule has 1 fully saturated rings. The summed E-state index contributed by atoms with van der Waals surface area (Å²) in [7, 11) is -3.90. The van der Waals surface area contributed by atoms with E-state index in [0.29, 0.717) is 6.42 Å². The number of allylic oxidation sites excluding steroid dienone is 2. The first-order valence-corrected chi connectivity index (χ1v) is 13.6. The van der Waals surface area contributed by atoms with Gasteiger partial charge >= 0.3 is 5.97 Å². The van der Waals surface area contributed by atoms with Crippen LogP contribution >= 0.6 is 23.4 Å². The van der Waals surface area contributed by atoms with E-state index in [2.05, 4.69) is 4.72 Å². The maximum Gasteiger partial charge on any atom is 0.338 e. The van der Waals surface area contributed by atoms with Gasteiger partial charge < -0.3 is 9.64 Å². The molecule has 2 unspecified atom stereocenters. The minimum Gasteiger partial charge on any atom is -0.457 e. The van der Waals surface area contributed by atoms with E-state index >= 15 is 0 Å². The number of anilines is 1. The Bertz CT molecular complexity index is 1280. The molecule has 0 aromatic heterocycles. The van der Waals surface area contributed by atoms with Gasteiger partial charge in [-0.2, -0.15) is 4.72 Å². The topological polar surface area (TPSA) is 92.8 Å². The first kappa shape index (κ1) is 25.4. The number of amides is 1. The van der Waals surface area contributed by atoms with Crippen molar-refractivity contribution in [2.45, 2.75) is 30.2 Å². The van der Waals surface area contributed by atoms with Gasteiger partial charge in [0.25, 0.3) is 0 Å². The molecule has 0 radical (unpaired) electrons. The summed E-state index contributed by atoms with van der Waals surface area (Å²) < 4.78 is 47.1. The fourth-order valence-corrected chi connectivity index (χ4v) is 5.97. The van der Waals surface area contributed by atoms with E-state index in [1.165, 1.54) is 34.9 Å². The zero-order valence-electron chi connectivity index (χ0n) is 18.4. The van der Waals surface area contributed by atoms with E-state index in [1.54, 1.807) is 12.1 Å². The number of thioether (sulfide) groups is 1. The molecule has 0 spiro atoms. The maximum absolute atomic E-state index is 14.8. The van der Waals surface area contributed by atoms with Crippen molar-refractivity contribution >= 4 is 50.9 Å². The molecule has 11 heteroatoms. The van der Waals surface area contributed by atoms with Crippen LogP contribution in [0, 0.1) is 5.82 Å². The lowest BCUT2D eigenvalue weighted by molar-refractivity contribution is -0.118. The van der Waals surface area contributed by atoms with Gasteiger partial charge in [0.15, 0.2) is 0 Å². The van der Waals surface area contributed by atoms with Crippen LogP contribution in [0.3, 0.4) is 0 Å². The Morgan fingerprint density at radius 1 is 1.26 bits per heavy atom. The first-order chi connectivity index (χ1) is 16.7. The summed E-state index contributed by atoms with van der Waals surface area (Å²) in [5, 5.41) is 0.993. The number of carbonyl (C=O) groups is 2. The van der Waals surface area contributed by atoms with Crippen molar-refractivity contribution in [3.05, 3.63) is 87.9 Å². The first-order valence-electron chi connectivity index (χ1n) is 10.7. The summed E-state index contributed by atoms with van der Waals surface area (Å²) in [6.07, 6.45) is 4.08. The summed E-state index contributed by atoms with van der Waals surface area (Å²) >= 11 is 7.33. The number of hydrogen-bond acceptors (Lipinski definition) is 6. The quantitative estimate of drug-likeness (QED) is 0.399. The van der Waals surface area contributed by atoms with Crippen LogP contribution in [0.15, 0.2) is 71.0 Å². The lowest BCUT2D eigenvalue weighted by Crippen LogP contribution is -2.41. The van der Waals surface area contributed by atoms with Gasteiger partial charge in [0, 0.05) is 16.9 Å². The number of halogens is 2. The molecule has 1 saturated heterocycles. The van der Waals surface area contributed by atoms with Gasteiger partial charge in [0.2, 0.25) is 15.9 Å². The predicted molar refractivity (Wildman–Crippen MR) is 134 cm³/mol. The number of carbonyl (C=O) groups excluding carboxylic acids is 2. The van der Waals surface area contributed by atoms with Crippen molar-refractivity contribution < 1.29 is 27.1 Å². The number of benzene rings is 2. The zero-order valence-corrected chi connectivity index (χ0v) is 20.8. The standard InChI is InChI=1S/C24H22ClFN2O5S2/c25-22-9-7-18(34-22)11-13-35(31,32)27-20-10-12-28(23(20)29)21-8-6-17(14-19(21)26)24(30)33-15-16-4-2-1-3-5-16/h1-8,11,13-14,20,22,27H,9-10,12,15H2/b13-11+. The monoisotopic (exact) mass is 536 g/mol. The van der Waals surface area contributed by atoms with Crippen molar-refractivity contribution in [3.8, 4) is 0 Å². The minimum absolute atomic E-state index is 0.00879. The molecule has 4 rings (SSSR count). The second-order valence-corrected chi connectivity index (χ2v) is 11.6. The largest absolute Gasteiger partial charge is 0.457 e. The highest BCUT2D eigenvalue weighted by Crippen LogP contribution is 2.35. The van der Waals surface area contributed by atoms with Crippen molar-refractivity contribution in [2.75, 3.05) is 11.4 Å². The zero-order chi connectivity index (χ0) is 25.0. The summed E-state index contributed by atoms with van der Waals surface area (Å²) in [5.41, 5.74) is 0.771. The number of hydrogen-bond donors (Lipinski definition) is 1. The van der Waals surface area contributed by atoms with E-state index in [0.717, 1.165) is 21.9 Å². The van der Waals surface area contributed by atoms with Crippen LogP contribution < -0.4 is 9.62 Å². The molecule has 2 aliphatic rings. The maximum atomic E-state index is 14.8. The molecule has 2 aromatic rings. The van der Waals surface area contributed by atoms with Crippen LogP contribution in [-0.2, 0) is 26.2 Å². The average Bonchev–Trinajstić information content (AvgIpc) is 3.42. The molecular formula is C24H22ClFN2O5S2. The molecule has 0 saturated carbocycles. The Kier molecular flexibility index (Phi) is 7.95. The van der Waals surface area contributed by atoms with Crippen molar-refractivity contribution in [1.29, 1.82) is 0 Å². The number of alkyl halides is 1. The lowest BCUT2D eigenvalue weighted by Gasteiger charge is -2.18. The molecule has 2 heterocycles. The highest BCUT2D eigenvalue weighted by atomic mass is 35.5. The number of sulfonamides is 1. The SMILES string of the molecule is O=C(OCc1ccccc1)c1ccc(N2CCC(NS(=O)(=O)/C=C/C3=CCC(Cl)S3)C2=O)c(F)c1. The molecule has 2 aromatic carbocycles. The number of ether oxygens (including phenoxy) is 1. The van der Waals surface area contributed by atoms with Gasteiger partial charge in [-0.15, -0.1) is 23.4 Å². The third-order valence-electron chi connectivity index (χ3n) is 5.38. The molecule has 1 amide bonds. The summed E-state index contributed by atoms with van der Waals surface area (Å²) in [5.74, 6) is -2.05. The smallest absolute Gasteiger partial charge is 0.338 e. The molecule has 0 bridgehead atoms. The van der Waals surface area contributed by atoms with Gasteiger partial charge in [-0.25, -0.2) is 17.6 Å². The van der Waals surface area contributed by atoms with Gasteiger partial charge in [0.1, 0.15) is 18.5 Å². The molecule has 35 heavy (non-hydrogen) atoms. The molecule has 2 atom stereocenters. The number of nitrogens with zero attached hydrogens (tertiary/aromatic N) is 1. The third kappa shape index (κ3) is 6.52. The molecule has 7 nitrogen and oxygen atoms in total. The van der Waals surface area contributed by atoms with E-state index < -0.39 is 33.8 Å². The molecule has 0 aliphatic carbocycles. The fourth-order valence-electron chi connectivity index (χ4n) is 3.64. The van der Waals surface area contributed by atoms with Crippen LogP contribution in [0.25, 0.3) is 0 Å². The van der Waals surface area contributed by atoms with Crippen molar-refractivity contribution in [3.63, 3.8) is 0 Å². The summed E-state index contributed by atoms with van der Waals surface area (Å²) in [6.45, 7) is 0.172. The second-order valence-electron chi connectivity index (χ2n) is 7.89. The van der Waals surface area contributed by atoms with Gasteiger partial charge in [-0.05, 0) is 42.7 Å². The van der Waals surface area contributed by atoms with Crippen LogP contribution in [0.4, 0.5) is 10.1 Å². The van der Waals surface area contributed by atoms with Crippen molar-refractivity contribution in [2.24, 2.45) is 0 Å². The lowest BCUT2D eigenvalue weighted by atomic mass is 10.2. The van der Waals surface area contributed by atoms with Crippen molar-refractivity contribution in [1.82, 2.24) is 4.72 Å². The number of rotatable bonds is 8. The Balaban J connectivity index is 1.37. The van der Waals surface area contributed by atoms with Crippen LogP contribution in [0.2, 0.25) is 0 Å². The molecule has 184 valence electrons. The summed E-state index contributed by atoms with van der Waals surface area (Å²) in [4.78, 5) is 27.0. The molecule has 1 N–H and O–H groups in total. The highest BCUT2D eigenvalue weighted by Gasteiger charge is 2.36. The normalized spacial score (nSPS) is 20.5. The Morgan fingerprint density at radius 2 is 2.03 bits per heavy atom. The fraction of sp³-hybridized carbons (Fsp3) is 0.250. The highest BCUT2D eigenvalue weighted by molar-refractivity contribution is 8.05. The van der Waals surface area contributed by atoms with Gasteiger partial charge in [0.05, 0.1) is 16.0 Å². The summed E-state index contributed by atoms with van der Waals surface area (Å²) in [6, 6.07) is 11.7. The Labute approximate surface area is 212 Å². The van der Waals surface area contributed by atoms with Gasteiger partial charge in [-0.3, -0.25) is 4.79 Å². The Hall–Kier alpha value is -2.66. The van der Waals surface area contributed by atoms with Crippen LogP contribution in [0.1, 0.15) is 28.8 Å². The van der Waals surface area contributed by atoms with E-state index in [-0.39, 0.29) is 35.5 Å². The number of nitrogens with one attached hydrogen (secondary N) is 1. The van der Waals surface area contributed by atoms with E-state index in [4.69, 9.17) is 16.3 Å². The molecular weight excluding hydrogens is 515 g/mol. The van der Waals surface area contributed by atoms with E-state index in [1.807, 2.05) is 24.3 Å². The second kappa shape index (κ2) is 10.9. The molecule has 2 aliphatic heterocycles. The van der Waals surface area contributed by atoms with Crippen LogP contribution in [-0.4, -0.2) is 37.6 Å². The van der Waals surface area contributed by atoms with E-state index in [9.17, 15) is 22.4 Å². The minimum atomic E-state index is -3.90. The predicted octanol–water partition coefficient (Wildman–Crippen LogP) is 4.31. The Morgan fingerprint density at radius 3 is 2.71 bits per heavy atom. The average molecular weight is 537 g/mol. The third-order valence-corrected chi connectivity index (χ3v) is 7.95. The van der Waals surface area contributed by atoms with Crippen LogP contribution in [0.5, 0.6) is 0 Å².